The van der Waals surface area contributed by atoms with Crippen LogP contribution in [0, 0.1) is 107 Å². The maximum atomic E-state index is 12.9. The number of cyclic esters (lactones) is 12. The largest absolute Gasteiger partial charge is 0.437 e. The van der Waals surface area contributed by atoms with Crippen LogP contribution in [0.1, 0.15) is 89.9 Å². The number of carbonyl (C=O) groups is 12. The van der Waals surface area contributed by atoms with Gasteiger partial charge >= 0.3 is 106 Å². The van der Waals surface area contributed by atoms with E-state index in [0.717, 1.165) is 86.7 Å². The molecule has 0 amide bonds. The minimum atomic E-state index is -3.46. The highest BCUT2D eigenvalue weighted by atomic mass is 28.5. The van der Waals surface area contributed by atoms with Gasteiger partial charge in [-0.1, -0.05) is 73.5 Å². The molecular weight excluding hydrogens is 1640 g/mol. The van der Waals surface area contributed by atoms with Crippen LogP contribution in [0.3, 0.4) is 0 Å². The molecule has 0 N–H and O–H groups in total. The minimum Gasteiger partial charge on any atom is -0.437 e. The topological polar surface area (TPSA) is 325 Å². The first-order chi connectivity index (χ1) is 53.5. The van der Waals surface area contributed by atoms with E-state index in [1.54, 1.807) is 0 Å². The molecule has 16 rings (SSSR count). The smallest absolute Gasteiger partial charge is 0.388 e. The molecule has 22 atom stereocenters. The fraction of sp³-hybridized carbons (Fsp3) is 0.700. The molecule has 22 unspecified atom stereocenters. The van der Waals surface area contributed by atoms with Gasteiger partial charge in [0, 0.05) is 0 Å². The van der Waals surface area contributed by atoms with Crippen LogP contribution >= 0.6 is 0 Å². The molecule has 0 spiro atoms. The number of rotatable bonds is 28. The van der Waals surface area contributed by atoms with Gasteiger partial charge in [0.1, 0.15) is 0 Å². The third-order valence-electron chi connectivity index (χ3n) is 28.8. The highest BCUT2D eigenvalue weighted by Gasteiger charge is 2.72. The third kappa shape index (κ3) is 17.1. The molecule has 8 bridgehead atoms. The van der Waals surface area contributed by atoms with E-state index in [1.165, 1.54) is 0 Å². The molecule has 6 heterocycles. The van der Waals surface area contributed by atoms with E-state index in [2.05, 4.69) is 152 Å². The van der Waals surface area contributed by atoms with E-state index < -0.39 is 108 Å². The van der Waals surface area contributed by atoms with Gasteiger partial charge < -0.3 is 57.2 Å². The second kappa shape index (κ2) is 31.3. The summed E-state index contributed by atoms with van der Waals surface area (Å²) in [5, 5.41) is 2.02. The van der Waals surface area contributed by atoms with Crippen molar-refractivity contribution in [1.29, 1.82) is 0 Å². The van der Waals surface area contributed by atoms with Crippen molar-refractivity contribution in [2.24, 2.45) is 107 Å². The van der Waals surface area contributed by atoms with E-state index in [1.807, 2.05) is 36.4 Å². The molecule has 0 aromatic heterocycles. The summed E-state index contributed by atoms with van der Waals surface area (Å²) in [5.41, 5.74) is 1.02. The summed E-state index contributed by atoms with van der Waals surface area (Å²) in [4.78, 5) is 146. The van der Waals surface area contributed by atoms with Gasteiger partial charge in [0.25, 0.3) is 0 Å². The Morgan fingerprint density at radius 3 is 0.809 bits per heavy atom. The summed E-state index contributed by atoms with van der Waals surface area (Å²) in [6.45, 7) is 39.3. The van der Waals surface area contributed by atoms with Crippen molar-refractivity contribution in [2.45, 2.75) is 242 Å². The Balaban J connectivity index is 0.000000148. The molecule has 115 heavy (non-hydrogen) atoms. The maximum Gasteiger partial charge on any atom is 0.388 e. The van der Waals surface area contributed by atoms with Crippen molar-refractivity contribution >= 4 is 166 Å². The Morgan fingerprint density at radius 2 is 0.539 bits per heavy atom. The van der Waals surface area contributed by atoms with E-state index in [-0.39, 0.29) is 178 Å². The monoisotopic (exact) mass is 1760 g/mol. The maximum absolute atomic E-state index is 12.9. The van der Waals surface area contributed by atoms with Crippen molar-refractivity contribution in [2.75, 3.05) is 0 Å². The lowest BCUT2D eigenvalue weighted by atomic mass is 9.81. The van der Waals surface area contributed by atoms with Gasteiger partial charge in [-0.2, -0.15) is 0 Å². The van der Waals surface area contributed by atoms with Crippen LogP contribution in [0.4, 0.5) is 0 Å². The van der Waals surface area contributed by atoms with Crippen LogP contribution in [0.15, 0.2) is 60.7 Å². The lowest BCUT2D eigenvalue weighted by Crippen LogP contribution is -2.72. The SMILES string of the molecule is C[Si](C)(CCCC1CC(=O)OC1=O)O[Si](C)(C)O[Si](C)(C)CCCC1CC(=O)OC1=O.C[Si](C)(O[Si](C)(C)C1CC2CC1C1C(=O)OC(=O)C21)O[Si](C)(C)C1CC2CC1C1C(=O)OC(=O)C21.C[Si](C)(O[Si](O[Si](C)(C)C1CC2CC1C1C(=O)OC(=O)C21)(c1ccccc1)c1ccccc1)O[Si](C)(C)C1CC2CC1C1C(=O)OC(=O)C21. The molecule has 8 aliphatic carbocycles. The van der Waals surface area contributed by atoms with Crippen LogP contribution < -0.4 is 10.4 Å². The summed E-state index contributed by atoms with van der Waals surface area (Å²) in [6.07, 6.45) is 10.5. The highest BCUT2D eigenvalue weighted by Crippen LogP contribution is 2.68. The molecule has 8 saturated carbocycles. The van der Waals surface area contributed by atoms with E-state index >= 15 is 0 Å². The van der Waals surface area contributed by atoms with Gasteiger partial charge in [-0.15, -0.1) is 0 Å². The van der Waals surface area contributed by atoms with Gasteiger partial charge in [-0.25, -0.2) is 0 Å². The minimum absolute atomic E-state index is 0.0671. The first kappa shape index (κ1) is 86.5. The number of ether oxygens (including phenoxy) is 6. The van der Waals surface area contributed by atoms with Gasteiger partial charge in [-0.05, 0) is 274 Å². The summed E-state index contributed by atoms with van der Waals surface area (Å²) in [7, 11) is -24.9. The zero-order chi connectivity index (χ0) is 83.4. The second-order valence-corrected chi connectivity index (χ2v) is 80.9. The highest BCUT2D eigenvalue weighted by molar-refractivity contribution is 7.03. The van der Waals surface area contributed by atoms with Crippen molar-refractivity contribution in [3.8, 4) is 0 Å². The number of fused-ring (bicyclic) bond motifs is 20. The molecule has 25 nitrogen and oxygen atoms in total. The molecule has 6 aliphatic heterocycles. The van der Waals surface area contributed by atoms with E-state index in [0.29, 0.717) is 23.9 Å². The van der Waals surface area contributed by atoms with Crippen molar-refractivity contribution in [1.82, 2.24) is 0 Å². The van der Waals surface area contributed by atoms with Crippen molar-refractivity contribution < 1.29 is 115 Å². The van der Waals surface area contributed by atoms with Gasteiger partial charge in [0.05, 0.1) is 72.0 Å². The molecule has 0 radical (unpaired) electrons. The summed E-state index contributed by atoms with van der Waals surface area (Å²) in [6, 6.07) is 22.4. The van der Waals surface area contributed by atoms with E-state index in [4.69, 9.17) is 47.8 Å². The molecule has 628 valence electrons. The second-order valence-electron chi connectivity index (χ2n) is 40.5. The molecule has 14 fully saturated rings. The van der Waals surface area contributed by atoms with Crippen LogP contribution in [0.2, 0.25) is 152 Å². The number of hydrogen-bond acceptors (Lipinski definition) is 25. The summed E-state index contributed by atoms with van der Waals surface area (Å²) >= 11 is 0. The van der Waals surface area contributed by atoms with Gasteiger partial charge in [-0.3, -0.25) is 57.5 Å². The number of benzene rings is 2. The number of carbonyl (C=O) groups excluding carboxylic acids is 12. The quantitative estimate of drug-likeness (QED) is 0.0330. The van der Waals surface area contributed by atoms with E-state index in [9.17, 15) is 57.5 Å². The fourth-order valence-corrected chi connectivity index (χ4v) is 77.0. The lowest BCUT2D eigenvalue weighted by Gasteiger charge is -2.48. The Labute approximate surface area is 685 Å². The first-order valence-electron chi connectivity index (χ1n) is 42.0. The van der Waals surface area contributed by atoms with Crippen LogP contribution in [0.25, 0.3) is 0 Å². The molecule has 6 saturated heterocycles. The van der Waals surface area contributed by atoms with Crippen LogP contribution in [0.5, 0.6) is 0 Å². The number of esters is 12. The predicted octanol–water partition coefficient (Wildman–Crippen LogP) is 12.3. The van der Waals surface area contributed by atoms with Crippen LogP contribution in [-0.2, 0) is 115 Å². The lowest BCUT2D eigenvalue weighted by molar-refractivity contribution is -0.156. The molecule has 2 aromatic carbocycles. The average molecular weight is 1760 g/mol. The Morgan fingerprint density at radius 1 is 0.287 bits per heavy atom. The third-order valence-corrected chi connectivity index (χ3v) is 70.9. The summed E-state index contributed by atoms with van der Waals surface area (Å²) in [5.74, 6) is -6.01. The van der Waals surface area contributed by atoms with Gasteiger partial charge in [0.15, 0.2) is 49.9 Å². The molecule has 14 aliphatic rings. The molecular formula is C80H118O25Si10. The normalized spacial score (nSPS) is 34.6. The predicted molar refractivity (Wildman–Crippen MR) is 442 cm³/mol. The van der Waals surface area contributed by atoms with Crippen molar-refractivity contribution in [3.63, 3.8) is 0 Å². The van der Waals surface area contributed by atoms with Crippen LogP contribution in [-0.4, -0.2) is 156 Å². The molecule has 35 heteroatoms. The average Bonchev–Trinajstić information content (AvgIpc) is 1.59. The summed E-state index contributed by atoms with van der Waals surface area (Å²) < 4.78 is 79.3. The van der Waals surface area contributed by atoms with Gasteiger partial charge in [0.2, 0.25) is 0 Å². The Bertz CT molecular complexity index is 4070. The zero-order valence-electron chi connectivity index (χ0n) is 70.0. The Kier molecular flexibility index (Phi) is 23.5. The zero-order valence-corrected chi connectivity index (χ0v) is 80.0. The van der Waals surface area contributed by atoms with Crippen molar-refractivity contribution in [3.05, 3.63) is 60.7 Å². The fourth-order valence-electron chi connectivity index (χ4n) is 25.4. The Hall–Kier alpha value is -4.83. The first-order valence-corrected chi connectivity index (χ1v) is 70.5. The molecule has 2 aromatic rings. The standard InChI is InChI=1S/C36H46O9Si4.C24H36O8Si3.C20H36O8Si3/c1-46(2,27-19-21-17-25(27)31-29(21)33(37)41-35(31)39)43-48(5,6)45-49(23-13-9-7-10-14-23,24-15-11-8-12-16-24)44-47(3,4)28-20-22-18-26(28)32-30(22)34(38)42-36(32)40;1-33(2,15-9-11-7-13(15)19-17(11)21(25)29-23(19)27)31-35(5,6)32-34(3,4)16-10-12-8-14(16)20-18(12)22(26)30-24(20)28;1-29(2,11-7-9-15-13-17(21)25-19(15)23)27-31(5,6)28-30(3,4)12-8-10-16-14-18(22)26-20(16)24/h7-16,21-22,25-32H,17-20H2,1-6H3;11-20H,7-10H2,1-6H3;15-16H,7-14H2,1-6H3. The number of hydrogen-bond donors (Lipinski definition) is 0.